The van der Waals surface area contributed by atoms with Gasteiger partial charge in [-0.1, -0.05) is 6.92 Å². The van der Waals surface area contributed by atoms with E-state index in [0.29, 0.717) is 5.88 Å². The standard InChI is InChI=1S/C6H15ClN2.2ClH/c1-2-8-5-6-9-4-3-7;;/h8-9H,2-6H2,1H3;2*1H. The van der Waals surface area contributed by atoms with Gasteiger partial charge in [0.25, 0.3) is 0 Å². The lowest BCUT2D eigenvalue weighted by molar-refractivity contribution is 0.642. The summed E-state index contributed by atoms with van der Waals surface area (Å²) in [5.74, 6) is 0.701. The van der Waals surface area contributed by atoms with E-state index < -0.39 is 0 Å². The Labute approximate surface area is 86.3 Å². The monoisotopic (exact) mass is 222 g/mol. The largest absolute Gasteiger partial charge is 0.316 e. The predicted molar refractivity (Wildman–Crippen MR) is 56.6 cm³/mol. The molecule has 0 atom stereocenters. The van der Waals surface area contributed by atoms with Crippen LogP contribution >= 0.6 is 36.4 Å². The first-order chi connectivity index (χ1) is 4.41. The summed E-state index contributed by atoms with van der Waals surface area (Å²) in [6, 6.07) is 0. The smallest absolute Gasteiger partial charge is 0.0348 e. The highest BCUT2D eigenvalue weighted by Gasteiger charge is 1.82. The van der Waals surface area contributed by atoms with Crippen LogP contribution in [0, 0.1) is 0 Å². The lowest BCUT2D eigenvalue weighted by Gasteiger charge is -2.01. The predicted octanol–water partition coefficient (Wildman–Crippen LogP) is 1.27. The van der Waals surface area contributed by atoms with Crippen molar-refractivity contribution in [1.29, 1.82) is 0 Å². The molecule has 2 nitrogen and oxygen atoms in total. The van der Waals surface area contributed by atoms with Crippen LogP contribution in [0.1, 0.15) is 6.92 Å². The molecule has 0 aromatic rings. The third-order valence-electron chi connectivity index (χ3n) is 1.000. The maximum Gasteiger partial charge on any atom is 0.0348 e. The van der Waals surface area contributed by atoms with Gasteiger partial charge in [0.1, 0.15) is 0 Å². The van der Waals surface area contributed by atoms with Gasteiger partial charge in [-0.05, 0) is 6.54 Å². The normalized spacial score (nSPS) is 8.18. The van der Waals surface area contributed by atoms with Crippen molar-refractivity contribution < 1.29 is 0 Å². The molecule has 0 heterocycles. The number of hydrogen-bond donors (Lipinski definition) is 2. The highest BCUT2D eigenvalue weighted by Crippen LogP contribution is 1.67. The van der Waals surface area contributed by atoms with Crippen LogP contribution in [0.15, 0.2) is 0 Å². The Hall–Kier alpha value is 0.790. The number of likely N-dealkylation sites (N-methyl/N-ethyl adjacent to an activating group) is 1. The van der Waals surface area contributed by atoms with Crippen molar-refractivity contribution in [3.05, 3.63) is 0 Å². The van der Waals surface area contributed by atoms with E-state index in [1.165, 1.54) is 0 Å². The number of hydrogen-bond acceptors (Lipinski definition) is 2. The van der Waals surface area contributed by atoms with E-state index in [9.17, 15) is 0 Å². The average molecular weight is 224 g/mol. The molecule has 0 bridgehead atoms. The van der Waals surface area contributed by atoms with Crippen molar-refractivity contribution in [3.63, 3.8) is 0 Å². The molecular weight excluding hydrogens is 206 g/mol. The molecule has 0 saturated heterocycles. The van der Waals surface area contributed by atoms with Gasteiger partial charge < -0.3 is 10.6 Å². The van der Waals surface area contributed by atoms with Gasteiger partial charge in [-0.2, -0.15) is 0 Å². The lowest BCUT2D eigenvalue weighted by atomic mass is 10.5. The van der Waals surface area contributed by atoms with Gasteiger partial charge in [0.15, 0.2) is 0 Å². The zero-order valence-electron chi connectivity index (χ0n) is 6.73. The van der Waals surface area contributed by atoms with Gasteiger partial charge in [-0.15, -0.1) is 36.4 Å². The van der Waals surface area contributed by atoms with Crippen molar-refractivity contribution in [2.75, 3.05) is 32.1 Å². The van der Waals surface area contributed by atoms with E-state index in [-0.39, 0.29) is 24.8 Å². The molecule has 0 aliphatic heterocycles. The summed E-state index contributed by atoms with van der Waals surface area (Å²) in [6.07, 6.45) is 0. The Morgan fingerprint density at radius 2 is 1.55 bits per heavy atom. The molecule has 5 heteroatoms. The minimum atomic E-state index is 0. The highest BCUT2D eigenvalue weighted by molar-refractivity contribution is 6.18. The van der Waals surface area contributed by atoms with E-state index >= 15 is 0 Å². The molecule has 2 N–H and O–H groups in total. The van der Waals surface area contributed by atoms with Crippen molar-refractivity contribution in [3.8, 4) is 0 Å². The molecular formula is C6H17Cl3N2. The summed E-state index contributed by atoms with van der Waals surface area (Å²) in [5, 5.41) is 6.38. The minimum Gasteiger partial charge on any atom is -0.316 e. The molecule has 0 spiro atoms. The first kappa shape index (κ1) is 17.8. The second-order valence-corrected chi connectivity index (χ2v) is 2.17. The van der Waals surface area contributed by atoms with Crippen LogP contribution < -0.4 is 10.6 Å². The minimum absolute atomic E-state index is 0. The fourth-order valence-corrected chi connectivity index (χ4v) is 0.679. The van der Waals surface area contributed by atoms with Gasteiger partial charge in [-0.25, -0.2) is 0 Å². The molecule has 11 heavy (non-hydrogen) atoms. The highest BCUT2D eigenvalue weighted by atomic mass is 35.5. The van der Waals surface area contributed by atoms with Crippen molar-refractivity contribution in [2.45, 2.75) is 6.92 Å². The van der Waals surface area contributed by atoms with Crippen LogP contribution in [-0.4, -0.2) is 32.1 Å². The Morgan fingerprint density at radius 3 is 2.00 bits per heavy atom. The molecule has 0 rings (SSSR count). The number of nitrogens with one attached hydrogen (secondary N) is 2. The second-order valence-electron chi connectivity index (χ2n) is 1.79. The molecule has 72 valence electrons. The summed E-state index contributed by atoms with van der Waals surface area (Å²) >= 11 is 5.43. The van der Waals surface area contributed by atoms with Crippen LogP contribution in [0.4, 0.5) is 0 Å². The molecule has 0 amide bonds. The molecule has 0 saturated carbocycles. The zero-order chi connectivity index (χ0) is 6.95. The molecule has 0 aromatic heterocycles. The number of alkyl halides is 1. The van der Waals surface area contributed by atoms with Crippen molar-refractivity contribution in [1.82, 2.24) is 10.6 Å². The van der Waals surface area contributed by atoms with Gasteiger partial charge in [-0.3, -0.25) is 0 Å². The Morgan fingerprint density at radius 1 is 1.00 bits per heavy atom. The fourth-order valence-electron chi connectivity index (χ4n) is 0.545. The quantitative estimate of drug-likeness (QED) is 0.523. The summed E-state index contributed by atoms with van der Waals surface area (Å²) < 4.78 is 0. The molecule has 0 fully saturated rings. The van der Waals surface area contributed by atoms with Gasteiger partial charge >= 0.3 is 0 Å². The topological polar surface area (TPSA) is 24.1 Å². The summed E-state index contributed by atoms with van der Waals surface area (Å²) in [7, 11) is 0. The fraction of sp³-hybridized carbons (Fsp3) is 1.00. The van der Waals surface area contributed by atoms with E-state index in [1.807, 2.05) is 0 Å². The Balaban J connectivity index is -0.000000320. The summed E-state index contributed by atoms with van der Waals surface area (Å²) in [6.45, 7) is 6.10. The molecule has 0 unspecified atom stereocenters. The van der Waals surface area contributed by atoms with Crippen LogP contribution in [0.3, 0.4) is 0 Å². The van der Waals surface area contributed by atoms with E-state index in [2.05, 4.69) is 17.6 Å². The molecule has 0 aliphatic carbocycles. The first-order valence-corrected chi connectivity index (χ1v) is 3.92. The Bertz CT molecular complexity index is 49.1. The first-order valence-electron chi connectivity index (χ1n) is 3.39. The van der Waals surface area contributed by atoms with Gasteiger partial charge in [0.05, 0.1) is 0 Å². The third-order valence-corrected chi connectivity index (χ3v) is 1.19. The summed E-state index contributed by atoms with van der Waals surface area (Å²) in [4.78, 5) is 0. The van der Waals surface area contributed by atoms with E-state index in [0.717, 1.165) is 26.2 Å². The molecule has 0 radical (unpaired) electrons. The van der Waals surface area contributed by atoms with E-state index in [1.54, 1.807) is 0 Å². The van der Waals surface area contributed by atoms with Gasteiger partial charge in [0, 0.05) is 25.5 Å². The lowest BCUT2D eigenvalue weighted by Crippen LogP contribution is -2.28. The van der Waals surface area contributed by atoms with Crippen LogP contribution in [0.2, 0.25) is 0 Å². The zero-order valence-corrected chi connectivity index (χ0v) is 9.12. The average Bonchev–Trinajstić information content (AvgIpc) is 1.89. The van der Waals surface area contributed by atoms with Crippen LogP contribution in [-0.2, 0) is 0 Å². The van der Waals surface area contributed by atoms with Crippen LogP contribution in [0.25, 0.3) is 0 Å². The van der Waals surface area contributed by atoms with Crippen molar-refractivity contribution >= 4 is 36.4 Å². The molecule has 0 aromatic carbocycles. The maximum absolute atomic E-state index is 5.43. The summed E-state index contributed by atoms with van der Waals surface area (Å²) in [5.41, 5.74) is 0. The van der Waals surface area contributed by atoms with E-state index in [4.69, 9.17) is 11.6 Å². The molecule has 0 aliphatic rings. The maximum atomic E-state index is 5.43. The van der Waals surface area contributed by atoms with Crippen molar-refractivity contribution in [2.24, 2.45) is 0 Å². The SMILES string of the molecule is CCNCCNCCCl.Cl.Cl. The third kappa shape index (κ3) is 18.1. The van der Waals surface area contributed by atoms with Crippen LogP contribution in [0.5, 0.6) is 0 Å². The number of halogens is 3. The second kappa shape index (κ2) is 17.0. The number of rotatable bonds is 6. The Kier molecular flexibility index (Phi) is 27.5. The van der Waals surface area contributed by atoms with Gasteiger partial charge in [0.2, 0.25) is 0 Å².